The molecule has 0 saturated carbocycles. The Morgan fingerprint density at radius 2 is 1.71 bits per heavy atom. The number of nitrogens with one attached hydrogen (secondary N) is 1. The molecule has 0 aliphatic heterocycles. The van der Waals surface area contributed by atoms with Crippen LogP contribution in [0.15, 0.2) is 54.6 Å². The van der Waals surface area contributed by atoms with Crippen molar-refractivity contribution in [2.45, 2.75) is 6.18 Å². The van der Waals surface area contributed by atoms with Crippen molar-refractivity contribution in [2.75, 3.05) is 30.4 Å². The van der Waals surface area contributed by atoms with E-state index < -0.39 is 12.8 Å². The third kappa shape index (κ3) is 5.19. The summed E-state index contributed by atoms with van der Waals surface area (Å²) in [5, 5.41) is 2.82. The number of ether oxygens (including phenoxy) is 1. The molecule has 0 saturated heterocycles. The Kier molecular flexibility index (Phi) is 5.68. The van der Waals surface area contributed by atoms with Gasteiger partial charge >= 0.3 is 6.18 Å². The molecule has 0 unspecified atom stereocenters. The SMILES string of the molecule is CN(C(=O)CNc1ccccc1OCC(F)(F)F)c1ccccc1. The molecule has 128 valence electrons. The molecule has 0 aliphatic carbocycles. The van der Waals surface area contributed by atoms with Crippen molar-refractivity contribution >= 4 is 17.3 Å². The number of benzene rings is 2. The predicted octanol–water partition coefficient (Wildman–Crippen LogP) is 3.70. The van der Waals surface area contributed by atoms with E-state index in [1.54, 1.807) is 37.4 Å². The van der Waals surface area contributed by atoms with E-state index in [0.717, 1.165) is 5.69 Å². The van der Waals surface area contributed by atoms with Crippen molar-refractivity contribution in [1.29, 1.82) is 0 Å². The molecule has 24 heavy (non-hydrogen) atoms. The third-order valence-electron chi connectivity index (χ3n) is 3.23. The van der Waals surface area contributed by atoms with Crippen LogP contribution in [0.4, 0.5) is 24.5 Å². The van der Waals surface area contributed by atoms with Crippen LogP contribution < -0.4 is 15.0 Å². The zero-order valence-corrected chi connectivity index (χ0v) is 13.0. The minimum Gasteiger partial charge on any atom is -0.482 e. The summed E-state index contributed by atoms with van der Waals surface area (Å²) in [7, 11) is 1.63. The van der Waals surface area contributed by atoms with Crippen molar-refractivity contribution in [1.82, 2.24) is 0 Å². The van der Waals surface area contributed by atoms with E-state index in [2.05, 4.69) is 5.32 Å². The molecule has 2 aromatic rings. The van der Waals surface area contributed by atoms with Gasteiger partial charge in [0.05, 0.1) is 12.2 Å². The van der Waals surface area contributed by atoms with E-state index in [-0.39, 0.29) is 18.2 Å². The lowest BCUT2D eigenvalue weighted by Gasteiger charge is -2.19. The van der Waals surface area contributed by atoms with Gasteiger partial charge < -0.3 is 15.0 Å². The molecular formula is C17H17F3N2O2. The second-order valence-corrected chi connectivity index (χ2v) is 5.04. The average molecular weight is 338 g/mol. The fourth-order valence-corrected chi connectivity index (χ4v) is 1.98. The second kappa shape index (κ2) is 7.72. The molecule has 0 bridgehead atoms. The Hall–Kier alpha value is -2.70. The highest BCUT2D eigenvalue weighted by Gasteiger charge is 2.28. The molecule has 0 aliphatic rings. The lowest BCUT2D eigenvalue weighted by Crippen LogP contribution is -2.32. The summed E-state index contributed by atoms with van der Waals surface area (Å²) in [5.74, 6) is -0.184. The molecule has 1 N–H and O–H groups in total. The highest BCUT2D eigenvalue weighted by molar-refractivity contribution is 5.95. The molecule has 2 rings (SSSR count). The van der Waals surface area contributed by atoms with E-state index in [4.69, 9.17) is 4.74 Å². The Labute approximate surface area is 137 Å². The Morgan fingerprint density at radius 1 is 1.08 bits per heavy atom. The maximum atomic E-state index is 12.3. The zero-order valence-electron chi connectivity index (χ0n) is 13.0. The molecule has 0 radical (unpaired) electrons. The summed E-state index contributed by atoms with van der Waals surface area (Å²) in [6.07, 6.45) is -4.42. The first-order chi connectivity index (χ1) is 11.4. The van der Waals surface area contributed by atoms with Gasteiger partial charge in [0.1, 0.15) is 5.75 Å². The molecule has 0 heterocycles. The van der Waals surface area contributed by atoms with Crippen molar-refractivity contribution in [3.63, 3.8) is 0 Å². The maximum Gasteiger partial charge on any atom is 0.422 e. The molecular weight excluding hydrogens is 321 g/mol. The van der Waals surface area contributed by atoms with Gasteiger partial charge in [-0.25, -0.2) is 0 Å². The molecule has 0 fully saturated rings. The molecule has 0 atom stereocenters. The van der Waals surface area contributed by atoms with Crippen molar-refractivity contribution in [3.05, 3.63) is 54.6 Å². The van der Waals surface area contributed by atoms with Crippen LogP contribution in [-0.2, 0) is 4.79 Å². The minimum atomic E-state index is -4.42. The first-order valence-electron chi connectivity index (χ1n) is 7.21. The van der Waals surface area contributed by atoms with E-state index in [1.165, 1.54) is 11.0 Å². The van der Waals surface area contributed by atoms with Crippen LogP contribution >= 0.6 is 0 Å². The number of hydrogen-bond donors (Lipinski definition) is 1. The first-order valence-corrected chi connectivity index (χ1v) is 7.21. The van der Waals surface area contributed by atoms with Gasteiger partial charge in [-0.1, -0.05) is 30.3 Å². The van der Waals surface area contributed by atoms with E-state index in [0.29, 0.717) is 5.69 Å². The van der Waals surface area contributed by atoms with Crippen LogP contribution in [0.1, 0.15) is 0 Å². The minimum absolute atomic E-state index is 0.0463. The molecule has 0 aromatic heterocycles. The van der Waals surface area contributed by atoms with Crippen molar-refractivity contribution < 1.29 is 22.7 Å². The Morgan fingerprint density at radius 3 is 2.38 bits per heavy atom. The van der Waals surface area contributed by atoms with Crippen molar-refractivity contribution in [2.24, 2.45) is 0 Å². The summed E-state index contributed by atoms with van der Waals surface area (Å²) >= 11 is 0. The summed E-state index contributed by atoms with van der Waals surface area (Å²) in [5.41, 5.74) is 1.06. The fourth-order valence-electron chi connectivity index (χ4n) is 1.98. The Balaban J connectivity index is 1.98. The number of alkyl halides is 3. The molecule has 4 nitrogen and oxygen atoms in total. The summed E-state index contributed by atoms with van der Waals surface area (Å²) in [6, 6.07) is 15.2. The standard InChI is InChI=1S/C17H17F3N2O2/c1-22(13-7-3-2-4-8-13)16(23)11-21-14-9-5-6-10-15(14)24-12-17(18,19)20/h2-10,21H,11-12H2,1H3. The van der Waals surface area contributed by atoms with Crippen LogP contribution in [0.3, 0.4) is 0 Å². The predicted molar refractivity (Wildman–Crippen MR) is 86.3 cm³/mol. The normalized spacial score (nSPS) is 11.0. The quantitative estimate of drug-likeness (QED) is 0.873. The lowest BCUT2D eigenvalue weighted by molar-refractivity contribution is -0.153. The molecule has 0 spiro atoms. The lowest BCUT2D eigenvalue weighted by atomic mass is 10.2. The molecule has 2 aromatic carbocycles. The smallest absolute Gasteiger partial charge is 0.422 e. The zero-order chi connectivity index (χ0) is 17.6. The number of anilines is 2. The number of amides is 1. The Bertz CT molecular complexity index is 675. The second-order valence-electron chi connectivity index (χ2n) is 5.04. The van der Waals surface area contributed by atoms with E-state index >= 15 is 0 Å². The number of likely N-dealkylation sites (N-methyl/N-ethyl adjacent to an activating group) is 1. The number of carbonyl (C=O) groups is 1. The van der Waals surface area contributed by atoms with Gasteiger partial charge in [-0.3, -0.25) is 4.79 Å². The topological polar surface area (TPSA) is 41.6 Å². The number of rotatable bonds is 6. The monoisotopic (exact) mass is 338 g/mol. The largest absolute Gasteiger partial charge is 0.482 e. The van der Waals surface area contributed by atoms with Gasteiger partial charge in [0.25, 0.3) is 0 Å². The highest BCUT2D eigenvalue weighted by Crippen LogP contribution is 2.26. The van der Waals surface area contributed by atoms with E-state index in [9.17, 15) is 18.0 Å². The van der Waals surface area contributed by atoms with Crippen LogP contribution in [0.5, 0.6) is 5.75 Å². The van der Waals surface area contributed by atoms with Gasteiger partial charge in [0, 0.05) is 12.7 Å². The number of carbonyl (C=O) groups excluding carboxylic acids is 1. The van der Waals surface area contributed by atoms with Crippen LogP contribution in [-0.4, -0.2) is 32.3 Å². The number of nitrogens with zero attached hydrogens (tertiary/aromatic N) is 1. The van der Waals surface area contributed by atoms with Crippen molar-refractivity contribution in [3.8, 4) is 5.75 Å². The van der Waals surface area contributed by atoms with Gasteiger partial charge in [0.2, 0.25) is 5.91 Å². The van der Waals surface area contributed by atoms with Crippen LogP contribution in [0, 0.1) is 0 Å². The summed E-state index contributed by atoms with van der Waals surface area (Å²) in [4.78, 5) is 13.7. The summed E-state index contributed by atoms with van der Waals surface area (Å²) in [6.45, 7) is -1.46. The van der Waals surface area contributed by atoms with E-state index in [1.807, 2.05) is 18.2 Å². The molecule has 1 amide bonds. The van der Waals surface area contributed by atoms with Crippen LogP contribution in [0.25, 0.3) is 0 Å². The molecule has 7 heteroatoms. The average Bonchev–Trinajstić information content (AvgIpc) is 2.58. The van der Waals surface area contributed by atoms with Gasteiger partial charge in [-0.15, -0.1) is 0 Å². The fraction of sp³-hybridized carbons (Fsp3) is 0.235. The number of halogens is 3. The van der Waals surface area contributed by atoms with Gasteiger partial charge in [-0.2, -0.15) is 13.2 Å². The maximum absolute atomic E-state index is 12.3. The first kappa shape index (κ1) is 17.7. The highest BCUT2D eigenvalue weighted by atomic mass is 19.4. The van der Waals surface area contributed by atoms with Gasteiger partial charge in [-0.05, 0) is 24.3 Å². The summed E-state index contributed by atoms with van der Waals surface area (Å²) < 4.78 is 41.6. The number of hydrogen-bond acceptors (Lipinski definition) is 3. The van der Waals surface area contributed by atoms with Gasteiger partial charge in [0.15, 0.2) is 6.61 Å². The van der Waals surface area contributed by atoms with Crippen LogP contribution in [0.2, 0.25) is 0 Å². The number of para-hydroxylation sites is 3. The third-order valence-corrected chi connectivity index (χ3v) is 3.23.